The van der Waals surface area contributed by atoms with Crippen LogP contribution in [0.1, 0.15) is 62.8 Å². The summed E-state index contributed by atoms with van der Waals surface area (Å²) in [5.41, 5.74) is 6.52. The number of amides is 1. The molecule has 0 fully saturated rings. The van der Waals surface area contributed by atoms with Gasteiger partial charge in [0.15, 0.2) is 0 Å². The summed E-state index contributed by atoms with van der Waals surface area (Å²) in [4.78, 5) is 11.3. The summed E-state index contributed by atoms with van der Waals surface area (Å²) >= 11 is 0. The van der Waals surface area contributed by atoms with Gasteiger partial charge in [0.05, 0.1) is 0 Å². The van der Waals surface area contributed by atoms with Gasteiger partial charge in [0.1, 0.15) is 0 Å². The summed E-state index contributed by atoms with van der Waals surface area (Å²) in [6, 6.07) is 2.30. The summed E-state index contributed by atoms with van der Waals surface area (Å²) < 4.78 is 0. The Balaban J connectivity index is 0.000000550. The minimum atomic E-state index is 0.0365. The van der Waals surface area contributed by atoms with Gasteiger partial charge in [-0.2, -0.15) is 0 Å². The van der Waals surface area contributed by atoms with E-state index in [-0.39, 0.29) is 5.91 Å². The molecule has 0 saturated heterocycles. The zero-order chi connectivity index (χ0) is 14.4. The number of anilines is 1. The molecule has 19 heavy (non-hydrogen) atoms. The standard InChI is InChI=1S/C14H19NO.C3H8/c1-4-12-9(2)8-11-6-5-7-13(11)14(12)15-10(3)16;1-3-2/h8H,4-7H2,1-3H3,(H,15,16);3H2,1-2H3. The maximum Gasteiger partial charge on any atom is 0.221 e. The SMILES string of the molecule is CCC.CCc1c(C)cc2c(c1NC(C)=O)CCC2. The molecule has 0 aliphatic heterocycles. The molecule has 0 aromatic heterocycles. The van der Waals surface area contributed by atoms with Gasteiger partial charge in [-0.15, -0.1) is 0 Å². The third-order valence-electron chi connectivity index (χ3n) is 3.39. The summed E-state index contributed by atoms with van der Waals surface area (Å²) in [5.74, 6) is 0.0365. The molecule has 1 amide bonds. The number of nitrogens with one attached hydrogen (secondary N) is 1. The monoisotopic (exact) mass is 261 g/mol. The predicted octanol–water partition coefficient (Wildman–Crippen LogP) is 4.42. The van der Waals surface area contributed by atoms with Crippen LogP contribution in [-0.4, -0.2) is 5.91 Å². The second-order valence-corrected chi connectivity index (χ2v) is 5.28. The van der Waals surface area contributed by atoms with E-state index in [4.69, 9.17) is 0 Å². The molecule has 0 radical (unpaired) electrons. The average molecular weight is 261 g/mol. The lowest BCUT2D eigenvalue weighted by Crippen LogP contribution is -2.11. The molecule has 1 aromatic carbocycles. The van der Waals surface area contributed by atoms with E-state index in [9.17, 15) is 4.79 Å². The molecule has 1 aliphatic rings. The number of hydrogen-bond acceptors (Lipinski definition) is 1. The Morgan fingerprint density at radius 2 is 1.89 bits per heavy atom. The fourth-order valence-corrected chi connectivity index (χ4v) is 2.72. The maximum absolute atomic E-state index is 11.3. The first-order valence-corrected chi connectivity index (χ1v) is 7.46. The molecule has 1 aromatic rings. The lowest BCUT2D eigenvalue weighted by Gasteiger charge is -2.16. The maximum atomic E-state index is 11.3. The Bertz CT molecular complexity index is 445. The van der Waals surface area contributed by atoms with Gasteiger partial charge in [-0.05, 0) is 54.9 Å². The summed E-state index contributed by atoms with van der Waals surface area (Å²) in [5, 5.41) is 3.03. The Morgan fingerprint density at radius 3 is 2.42 bits per heavy atom. The molecule has 0 saturated carbocycles. The predicted molar refractivity (Wildman–Crippen MR) is 82.9 cm³/mol. The van der Waals surface area contributed by atoms with Gasteiger partial charge >= 0.3 is 0 Å². The topological polar surface area (TPSA) is 29.1 Å². The lowest BCUT2D eigenvalue weighted by atomic mass is 9.96. The third-order valence-corrected chi connectivity index (χ3v) is 3.39. The van der Waals surface area contributed by atoms with Crippen molar-refractivity contribution in [1.29, 1.82) is 0 Å². The fourth-order valence-electron chi connectivity index (χ4n) is 2.72. The summed E-state index contributed by atoms with van der Waals surface area (Å²) in [6.07, 6.45) is 5.72. The number of fused-ring (bicyclic) bond motifs is 1. The normalized spacial score (nSPS) is 12.5. The van der Waals surface area contributed by atoms with Gasteiger partial charge in [0, 0.05) is 12.6 Å². The van der Waals surface area contributed by atoms with E-state index >= 15 is 0 Å². The van der Waals surface area contributed by atoms with Gasteiger partial charge < -0.3 is 5.32 Å². The molecule has 1 aliphatic carbocycles. The van der Waals surface area contributed by atoms with Crippen molar-refractivity contribution >= 4 is 11.6 Å². The van der Waals surface area contributed by atoms with Crippen molar-refractivity contribution in [2.75, 3.05) is 5.32 Å². The van der Waals surface area contributed by atoms with E-state index in [0.29, 0.717) is 0 Å². The first kappa shape index (κ1) is 15.7. The number of aryl methyl sites for hydroxylation is 2. The van der Waals surface area contributed by atoms with E-state index in [2.05, 4.69) is 39.1 Å². The van der Waals surface area contributed by atoms with Crippen LogP contribution in [0.3, 0.4) is 0 Å². The number of carbonyl (C=O) groups is 1. The van der Waals surface area contributed by atoms with E-state index in [1.54, 1.807) is 6.92 Å². The zero-order valence-corrected chi connectivity index (χ0v) is 13.0. The Hall–Kier alpha value is -1.31. The molecule has 0 atom stereocenters. The van der Waals surface area contributed by atoms with Crippen LogP contribution in [0.15, 0.2) is 6.07 Å². The van der Waals surface area contributed by atoms with Crippen molar-refractivity contribution in [2.45, 2.75) is 66.7 Å². The fraction of sp³-hybridized carbons (Fsp3) is 0.588. The van der Waals surface area contributed by atoms with Crippen LogP contribution < -0.4 is 5.32 Å². The van der Waals surface area contributed by atoms with Crippen LogP contribution in [0.25, 0.3) is 0 Å². The van der Waals surface area contributed by atoms with E-state index in [1.165, 1.54) is 35.1 Å². The van der Waals surface area contributed by atoms with Crippen LogP contribution in [-0.2, 0) is 24.1 Å². The minimum Gasteiger partial charge on any atom is -0.326 e. The van der Waals surface area contributed by atoms with E-state index in [1.807, 2.05) is 0 Å². The first-order chi connectivity index (χ1) is 9.04. The van der Waals surface area contributed by atoms with Crippen LogP contribution in [0.4, 0.5) is 5.69 Å². The zero-order valence-electron chi connectivity index (χ0n) is 13.0. The molecule has 2 heteroatoms. The van der Waals surface area contributed by atoms with Crippen LogP contribution >= 0.6 is 0 Å². The van der Waals surface area contributed by atoms with Gasteiger partial charge in [0.25, 0.3) is 0 Å². The smallest absolute Gasteiger partial charge is 0.221 e. The number of hydrogen-bond donors (Lipinski definition) is 1. The van der Waals surface area contributed by atoms with E-state index in [0.717, 1.165) is 24.9 Å². The van der Waals surface area contributed by atoms with Crippen molar-refractivity contribution in [3.8, 4) is 0 Å². The van der Waals surface area contributed by atoms with Crippen LogP contribution in [0.5, 0.6) is 0 Å². The van der Waals surface area contributed by atoms with E-state index < -0.39 is 0 Å². The summed E-state index contributed by atoms with van der Waals surface area (Å²) in [7, 11) is 0. The number of carbonyl (C=O) groups excluding carboxylic acids is 1. The minimum absolute atomic E-state index is 0.0365. The average Bonchev–Trinajstić information content (AvgIpc) is 2.77. The molecular weight excluding hydrogens is 234 g/mol. The number of benzene rings is 1. The molecule has 0 heterocycles. The first-order valence-electron chi connectivity index (χ1n) is 7.46. The highest BCUT2D eigenvalue weighted by molar-refractivity contribution is 5.91. The highest BCUT2D eigenvalue weighted by Gasteiger charge is 2.19. The lowest BCUT2D eigenvalue weighted by molar-refractivity contribution is -0.114. The second-order valence-electron chi connectivity index (χ2n) is 5.28. The molecule has 106 valence electrons. The van der Waals surface area contributed by atoms with Gasteiger partial charge in [0.2, 0.25) is 5.91 Å². The van der Waals surface area contributed by atoms with Crippen molar-refractivity contribution < 1.29 is 4.79 Å². The largest absolute Gasteiger partial charge is 0.326 e. The second kappa shape index (κ2) is 7.32. The Morgan fingerprint density at radius 1 is 1.26 bits per heavy atom. The van der Waals surface area contributed by atoms with Crippen molar-refractivity contribution in [2.24, 2.45) is 0 Å². The molecule has 1 N–H and O–H groups in total. The summed E-state index contributed by atoms with van der Waals surface area (Å²) in [6.45, 7) is 10.1. The Kier molecular flexibility index (Phi) is 6.07. The van der Waals surface area contributed by atoms with Crippen molar-refractivity contribution in [3.05, 3.63) is 28.3 Å². The van der Waals surface area contributed by atoms with Crippen LogP contribution in [0, 0.1) is 6.92 Å². The molecule has 2 rings (SSSR count). The van der Waals surface area contributed by atoms with Gasteiger partial charge in [-0.25, -0.2) is 0 Å². The highest BCUT2D eigenvalue weighted by Crippen LogP contribution is 2.34. The molecular formula is C17H27NO. The third kappa shape index (κ3) is 3.82. The Labute approximate surface area is 117 Å². The van der Waals surface area contributed by atoms with Crippen LogP contribution in [0.2, 0.25) is 0 Å². The van der Waals surface area contributed by atoms with Crippen molar-refractivity contribution in [3.63, 3.8) is 0 Å². The molecule has 2 nitrogen and oxygen atoms in total. The number of rotatable bonds is 2. The van der Waals surface area contributed by atoms with Gasteiger partial charge in [-0.3, -0.25) is 4.79 Å². The molecule has 0 spiro atoms. The highest BCUT2D eigenvalue weighted by atomic mass is 16.1. The quantitative estimate of drug-likeness (QED) is 0.839. The van der Waals surface area contributed by atoms with Gasteiger partial charge in [-0.1, -0.05) is 33.3 Å². The molecule has 0 unspecified atom stereocenters. The molecule has 0 bridgehead atoms. The van der Waals surface area contributed by atoms with Crippen molar-refractivity contribution in [1.82, 2.24) is 0 Å².